The van der Waals surface area contributed by atoms with Crippen molar-refractivity contribution in [2.24, 2.45) is 5.73 Å². The van der Waals surface area contributed by atoms with Gasteiger partial charge < -0.3 is 20.9 Å². The minimum atomic E-state index is -0.567. The Bertz CT molecular complexity index is 714. The van der Waals surface area contributed by atoms with E-state index in [4.69, 9.17) is 5.73 Å². The third-order valence-corrected chi connectivity index (χ3v) is 3.99. The molecule has 0 aliphatic carbocycles. The maximum absolute atomic E-state index is 13.0. The van der Waals surface area contributed by atoms with Gasteiger partial charge in [-0.25, -0.2) is 4.79 Å². The van der Waals surface area contributed by atoms with Crippen LogP contribution in [0.3, 0.4) is 0 Å². The largest absolute Gasteiger partial charge is 0.352 e. The first-order valence-electron chi connectivity index (χ1n) is 8.56. The Hall–Kier alpha value is -2.86. The number of carbonyl (C=O) groups excluding carboxylic acids is 2. The molecular weight excluding hydrogens is 328 g/mol. The van der Waals surface area contributed by atoms with Crippen molar-refractivity contribution in [1.29, 1.82) is 0 Å². The number of primary amides is 1. The fraction of sp³-hybridized carbons (Fsp3) is 0.300. The van der Waals surface area contributed by atoms with Crippen LogP contribution in [-0.4, -0.2) is 48.9 Å². The molecule has 0 heterocycles. The van der Waals surface area contributed by atoms with E-state index in [1.54, 1.807) is 12.1 Å². The number of hydrogen-bond acceptors (Lipinski definition) is 3. The molecule has 6 nitrogen and oxygen atoms in total. The number of rotatable bonds is 8. The molecule has 3 amide bonds. The van der Waals surface area contributed by atoms with Crippen LogP contribution in [0.15, 0.2) is 54.6 Å². The Labute approximate surface area is 154 Å². The molecule has 0 aliphatic heterocycles. The van der Waals surface area contributed by atoms with Gasteiger partial charge in [0.2, 0.25) is 0 Å². The van der Waals surface area contributed by atoms with Gasteiger partial charge in [-0.05, 0) is 37.4 Å². The third-order valence-electron chi connectivity index (χ3n) is 3.99. The topological polar surface area (TPSA) is 78.7 Å². The predicted octanol–water partition coefficient (Wildman–Crippen LogP) is 2.06. The summed E-state index contributed by atoms with van der Waals surface area (Å²) in [5, 5.41) is 2.54. The van der Waals surface area contributed by atoms with Gasteiger partial charge in [-0.2, -0.15) is 0 Å². The summed E-state index contributed by atoms with van der Waals surface area (Å²) in [5.41, 5.74) is 7.69. The van der Waals surface area contributed by atoms with Crippen LogP contribution in [-0.2, 0) is 13.1 Å². The Balaban J connectivity index is 2.10. The van der Waals surface area contributed by atoms with Crippen LogP contribution in [0, 0.1) is 0 Å². The molecule has 2 aromatic rings. The zero-order chi connectivity index (χ0) is 18.9. The molecule has 0 spiro atoms. The molecule has 2 aromatic carbocycles. The number of amides is 3. The van der Waals surface area contributed by atoms with Gasteiger partial charge in [0.1, 0.15) is 0 Å². The highest BCUT2D eigenvalue weighted by atomic mass is 16.2. The highest BCUT2D eigenvalue weighted by Crippen LogP contribution is 2.12. The fourth-order valence-corrected chi connectivity index (χ4v) is 2.51. The van der Waals surface area contributed by atoms with Crippen molar-refractivity contribution in [3.8, 4) is 0 Å². The highest BCUT2D eigenvalue weighted by molar-refractivity contribution is 5.94. The molecule has 0 radical (unpaired) electrons. The molecule has 0 aromatic heterocycles. The van der Waals surface area contributed by atoms with E-state index in [0.29, 0.717) is 25.2 Å². The van der Waals surface area contributed by atoms with Gasteiger partial charge >= 0.3 is 6.03 Å². The van der Waals surface area contributed by atoms with Crippen LogP contribution in [0.4, 0.5) is 4.79 Å². The first kappa shape index (κ1) is 19.5. The quantitative estimate of drug-likeness (QED) is 0.762. The van der Waals surface area contributed by atoms with Gasteiger partial charge in [-0.1, -0.05) is 42.5 Å². The van der Waals surface area contributed by atoms with E-state index in [2.05, 4.69) is 10.2 Å². The van der Waals surface area contributed by atoms with Crippen molar-refractivity contribution >= 4 is 11.9 Å². The summed E-state index contributed by atoms with van der Waals surface area (Å²) in [7, 11) is 3.98. The van der Waals surface area contributed by atoms with Gasteiger partial charge in [0.15, 0.2) is 0 Å². The number of hydrogen-bond donors (Lipinski definition) is 2. The maximum atomic E-state index is 13.0. The van der Waals surface area contributed by atoms with Crippen molar-refractivity contribution in [3.63, 3.8) is 0 Å². The molecule has 2 rings (SSSR count). The van der Waals surface area contributed by atoms with Gasteiger partial charge in [-0.15, -0.1) is 0 Å². The second-order valence-electron chi connectivity index (χ2n) is 6.43. The zero-order valence-corrected chi connectivity index (χ0v) is 15.3. The molecule has 0 saturated heterocycles. The normalized spacial score (nSPS) is 10.6. The lowest BCUT2D eigenvalue weighted by Gasteiger charge is -2.25. The molecule has 138 valence electrons. The minimum Gasteiger partial charge on any atom is -0.352 e. The van der Waals surface area contributed by atoms with Crippen molar-refractivity contribution in [1.82, 2.24) is 15.1 Å². The Morgan fingerprint density at radius 1 is 0.923 bits per heavy atom. The van der Waals surface area contributed by atoms with E-state index in [9.17, 15) is 9.59 Å². The summed E-state index contributed by atoms with van der Waals surface area (Å²) in [6.07, 6.45) is 0. The second kappa shape index (κ2) is 9.58. The molecule has 0 saturated carbocycles. The molecule has 0 bridgehead atoms. The molecule has 6 heteroatoms. The molecular formula is C20H26N4O2. The van der Waals surface area contributed by atoms with Crippen LogP contribution in [0.2, 0.25) is 0 Å². The van der Waals surface area contributed by atoms with Gasteiger partial charge in [0.25, 0.3) is 5.91 Å². The number of likely N-dealkylation sites (N-methyl/N-ethyl adjacent to an activating group) is 1. The van der Waals surface area contributed by atoms with Crippen LogP contribution in [0.5, 0.6) is 0 Å². The van der Waals surface area contributed by atoms with E-state index < -0.39 is 6.03 Å². The number of nitrogens with zero attached hydrogens (tertiary/aromatic N) is 2. The van der Waals surface area contributed by atoms with Crippen LogP contribution in [0.1, 0.15) is 21.5 Å². The summed E-state index contributed by atoms with van der Waals surface area (Å²) in [6, 6.07) is 16.6. The average Bonchev–Trinajstić information content (AvgIpc) is 2.64. The first-order valence-corrected chi connectivity index (χ1v) is 8.56. The van der Waals surface area contributed by atoms with Crippen molar-refractivity contribution in [2.75, 3.05) is 27.2 Å². The molecule has 0 atom stereocenters. The van der Waals surface area contributed by atoms with E-state index in [-0.39, 0.29) is 5.91 Å². The van der Waals surface area contributed by atoms with Crippen LogP contribution in [0.25, 0.3) is 0 Å². The standard InChI is InChI=1S/C20H26N4O2/c1-23(2)12-13-24(15-17-6-4-3-5-7-17)19(25)18-10-8-16(9-11-18)14-22-20(21)26/h3-11H,12-15H2,1-2H3,(H3,21,22,26). The highest BCUT2D eigenvalue weighted by Gasteiger charge is 2.16. The Kier molecular flexibility index (Phi) is 7.17. The lowest BCUT2D eigenvalue weighted by atomic mass is 10.1. The van der Waals surface area contributed by atoms with Crippen molar-refractivity contribution in [3.05, 3.63) is 71.3 Å². The molecule has 0 aliphatic rings. The average molecular weight is 354 g/mol. The van der Waals surface area contributed by atoms with Gasteiger partial charge in [0.05, 0.1) is 0 Å². The van der Waals surface area contributed by atoms with Crippen LogP contribution >= 0.6 is 0 Å². The molecule has 0 unspecified atom stereocenters. The van der Waals surface area contributed by atoms with Crippen molar-refractivity contribution in [2.45, 2.75) is 13.1 Å². The maximum Gasteiger partial charge on any atom is 0.312 e. The summed E-state index contributed by atoms with van der Waals surface area (Å²) in [6.45, 7) is 2.35. The summed E-state index contributed by atoms with van der Waals surface area (Å²) >= 11 is 0. The predicted molar refractivity (Wildman–Crippen MR) is 103 cm³/mol. The number of benzene rings is 2. The minimum absolute atomic E-state index is 0.00915. The van der Waals surface area contributed by atoms with Crippen molar-refractivity contribution < 1.29 is 9.59 Å². The van der Waals surface area contributed by atoms with Gasteiger partial charge in [0, 0.05) is 31.7 Å². The second-order valence-corrected chi connectivity index (χ2v) is 6.43. The lowest BCUT2D eigenvalue weighted by Crippen LogP contribution is -2.36. The first-order chi connectivity index (χ1) is 12.5. The number of nitrogens with one attached hydrogen (secondary N) is 1. The van der Waals surface area contributed by atoms with Gasteiger partial charge in [-0.3, -0.25) is 4.79 Å². The lowest BCUT2D eigenvalue weighted by molar-refractivity contribution is 0.0732. The molecule has 0 fully saturated rings. The smallest absolute Gasteiger partial charge is 0.312 e. The Morgan fingerprint density at radius 2 is 1.58 bits per heavy atom. The molecule has 3 N–H and O–H groups in total. The summed E-state index contributed by atoms with van der Waals surface area (Å²) in [5.74, 6) is -0.00915. The van der Waals surface area contributed by atoms with E-state index >= 15 is 0 Å². The Morgan fingerprint density at radius 3 is 2.15 bits per heavy atom. The third kappa shape index (κ3) is 6.22. The zero-order valence-electron chi connectivity index (χ0n) is 15.3. The number of urea groups is 1. The molecule has 26 heavy (non-hydrogen) atoms. The number of carbonyl (C=O) groups is 2. The van der Waals surface area contributed by atoms with E-state index in [1.165, 1.54) is 0 Å². The monoisotopic (exact) mass is 354 g/mol. The van der Waals surface area contributed by atoms with Crippen LogP contribution < -0.4 is 11.1 Å². The fourth-order valence-electron chi connectivity index (χ4n) is 2.51. The SMILES string of the molecule is CN(C)CCN(Cc1ccccc1)C(=O)c1ccc(CNC(N)=O)cc1. The summed E-state index contributed by atoms with van der Waals surface area (Å²) in [4.78, 5) is 27.7. The summed E-state index contributed by atoms with van der Waals surface area (Å²) < 4.78 is 0. The number of nitrogens with two attached hydrogens (primary N) is 1. The van der Waals surface area contributed by atoms with E-state index in [0.717, 1.165) is 17.7 Å². The van der Waals surface area contributed by atoms with E-state index in [1.807, 2.05) is 61.5 Å².